The Bertz CT molecular complexity index is 474. The van der Waals surface area contributed by atoms with E-state index in [4.69, 9.17) is 11.6 Å². The van der Waals surface area contributed by atoms with E-state index < -0.39 is 0 Å². The van der Waals surface area contributed by atoms with Gasteiger partial charge in [-0.05, 0) is 64.4 Å². The number of hydrogen-bond donors (Lipinski definition) is 1. The molecule has 0 radical (unpaired) electrons. The smallest absolute Gasteiger partial charge is 0.142 e. The van der Waals surface area contributed by atoms with Crippen LogP contribution in [0.5, 0.6) is 0 Å². The van der Waals surface area contributed by atoms with Crippen molar-refractivity contribution >= 4 is 11.6 Å². The third kappa shape index (κ3) is 3.41. The summed E-state index contributed by atoms with van der Waals surface area (Å²) >= 11 is 6.13. The van der Waals surface area contributed by atoms with Gasteiger partial charge in [0.05, 0.1) is 5.02 Å². The number of likely N-dealkylation sites (N-methyl/N-ethyl adjacent to an activating group) is 1. The van der Waals surface area contributed by atoms with Crippen molar-refractivity contribution in [3.05, 3.63) is 34.6 Å². The molecule has 0 aromatic heterocycles. The van der Waals surface area contributed by atoms with Crippen LogP contribution in [0.15, 0.2) is 18.2 Å². The van der Waals surface area contributed by atoms with Gasteiger partial charge in [-0.15, -0.1) is 0 Å². The molecule has 2 atom stereocenters. The van der Waals surface area contributed by atoms with E-state index in [1.165, 1.54) is 18.9 Å². The van der Waals surface area contributed by atoms with E-state index >= 15 is 0 Å². The Hall–Kier alpha value is -0.640. The van der Waals surface area contributed by atoms with Crippen LogP contribution < -0.4 is 5.32 Å². The maximum Gasteiger partial charge on any atom is 0.142 e. The van der Waals surface area contributed by atoms with E-state index in [0.29, 0.717) is 0 Å². The van der Waals surface area contributed by atoms with Gasteiger partial charge in [0.15, 0.2) is 0 Å². The second kappa shape index (κ2) is 7.08. The van der Waals surface area contributed by atoms with Crippen LogP contribution in [0.25, 0.3) is 0 Å². The number of nitrogens with one attached hydrogen (secondary N) is 1. The Morgan fingerprint density at radius 2 is 2.05 bits per heavy atom. The van der Waals surface area contributed by atoms with Crippen molar-refractivity contribution in [1.82, 2.24) is 10.2 Å². The molecule has 0 amide bonds. The van der Waals surface area contributed by atoms with Gasteiger partial charge in [-0.3, -0.25) is 4.90 Å². The first-order valence-electron chi connectivity index (χ1n) is 7.88. The van der Waals surface area contributed by atoms with Crippen molar-refractivity contribution in [2.24, 2.45) is 0 Å². The highest BCUT2D eigenvalue weighted by Crippen LogP contribution is 2.31. The number of nitrogens with zero attached hydrogens (tertiary/aromatic N) is 1. The predicted octanol–water partition coefficient (Wildman–Crippen LogP) is 3.87. The van der Waals surface area contributed by atoms with E-state index in [1.54, 1.807) is 6.07 Å². The summed E-state index contributed by atoms with van der Waals surface area (Å²) in [5.74, 6) is -0.330. The standard InChI is InChI=1S/C17H26ClFN2/c1-4-17(2,21-10-5-6-11-21)15(20-3)12-13-8-7-9-14(19)16(13)18/h7-9,15,20H,4-6,10-12H2,1-3H3. The average molecular weight is 313 g/mol. The van der Waals surface area contributed by atoms with Crippen LogP contribution in [0.4, 0.5) is 4.39 Å². The first kappa shape index (κ1) is 16.7. The summed E-state index contributed by atoms with van der Waals surface area (Å²) < 4.78 is 13.7. The topological polar surface area (TPSA) is 15.3 Å². The Balaban J connectivity index is 2.23. The maximum absolute atomic E-state index is 13.7. The number of halogens is 2. The third-order valence-electron chi connectivity index (χ3n) is 5.10. The van der Waals surface area contributed by atoms with E-state index in [2.05, 4.69) is 24.1 Å². The number of likely N-dealkylation sites (tertiary alicyclic amines) is 1. The molecule has 0 aliphatic carbocycles. The third-order valence-corrected chi connectivity index (χ3v) is 5.52. The molecule has 1 heterocycles. The highest BCUT2D eigenvalue weighted by Gasteiger charge is 2.38. The summed E-state index contributed by atoms with van der Waals surface area (Å²) in [6.45, 7) is 6.85. The summed E-state index contributed by atoms with van der Waals surface area (Å²) in [7, 11) is 1.99. The minimum Gasteiger partial charge on any atom is -0.315 e. The summed E-state index contributed by atoms with van der Waals surface area (Å²) in [4.78, 5) is 2.57. The maximum atomic E-state index is 13.7. The molecule has 21 heavy (non-hydrogen) atoms. The summed E-state index contributed by atoms with van der Waals surface area (Å²) in [6, 6.07) is 5.33. The van der Waals surface area contributed by atoms with Crippen molar-refractivity contribution in [3.8, 4) is 0 Å². The molecule has 0 bridgehead atoms. The van der Waals surface area contributed by atoms with Gasteiger partial charge >= 0.3 is 0 Å². The predicted molar refractivity (Wildman–Crippen MR) is 87.5 cm³/mol. The highest BCUT2D eigenvalue weighted by atomic mass is 35.5. The van der Waals surface area contributed by atoms with Crippen molar-refractivity contribution in [2.75, 3.05) is 20.1 Å². The zero-order valence-corrected chi connectivity index (χ0v) is 14.0. The van der Waals surface area contributed by atoms with E-state index in [1.807, 2.05) is 13.1 Å². The fourth-order valence-electron chi connectivity index (χ4n) is 3.48. The molecule has 1 aromatic carbocycles. The Labute approximate surface area is 132 Å². The van der Waals surface area contributed by atoms with Crippen molar-refractivity contribution in [2.45, 2.75) is 51.1 Å². The Kier molecular flexibility index (Phi) is 5.64. The van der Waals surface area contributed by atoms with Crippen LogP contribution in [0, 0.1) is 5.82 Å². The lowest BCUT2D eigenvalue weighted by Crippen LogP contribution is -2.58. The lowest BCUT2D eigenvalue weighted by Gasteiger charge is -2.44. The molecule has 1 N–H and O–H groups in total. The van der Waals surface area contributed by atoms with Crippen LogP contribution in [0.1, 0.15) is 38.7 Å². The molecule has 0 saturated carbocycles. The van der Waals surface area contributed by atoms with Crippen LogP contribution >= 0.6 is 11.6 Å². The van der Waals surface area contributed by atoms with Gasteiger partial charge in [0.2, 0.25) is 0 Å². The second-order valence-electron chi connectivity index (χ2n) is 6.16. The number of benzene rings is 1. The molecule has 1 aromatic rings. The van der Waals surface area contributed by atoms with E-state index in [0.717, 1.165) is 31.5 Å². The minimum atomic E-state index is -0.330. The molecule has 1 aliphatic rings. The lowest BCUT2D eigenvalue weighted by molar-refractivity contribution is 0.0873. The molecule has 2 unspecified atom stereocenters. The summed E-state index contributed by atoms with van der Waals surface area (Å²) in [6.07, 6.45) is 4.35. The number of hydrogen-bond acceptors (Lipinski definition) is 2. The van der Waals surface area contributed by atoms with Gasteiger partial charge < -0.3 is 5.32 Å². The van der Waals surface area contributed by atoms with Gasteiger partial charge in [0.1, 0.15) is 5.82 Å². The molecule has 2 rings (SSSR count). The van der Waals surface area contributed by atoms with Crippen LogP contribution in [-0.2, 0) is 6.42 Å². The molecular weight excluding hydrogens is 287 g/mol. The average Bonchev–Trinajstić information content (AvgIpc) is 3.03. The van der Waals surface area contributed by atoms with Crippen LogP contribution in [0.2, 0.25) is 5.02 Å². The molecule has 118 valence electrons. The Morgan fingerprint density at radius 3 is 2.62 bits per heavy atom. The van der Waals surface area contributed by atoms with Crippen molar-refractivity contribution < 1.29 is 4.39 Å². The SMILES string of the molecule is CCC(C)(C(Cc1cccc(F)c1Cl)NC)N1CCCC1. The first-order valence-corrected chi connectivity index (χ1v) is 8.26. The van der Waals surface area contributed by atoms with Gasteiger partial charge in [-0.1, -0.05) is 30.7 Å². The molecule has 1 aliphatic heterocycles. The second-order valence-corrected chi connectivity index (χ2v) is 6.54. The minimum absolute atomic E-state index is 0.0703. The van der Waals surface area contributed by atoms with E-state index in [-0.39, 0.29) is 22.4 Å². The first-order chi connectivity index (χ1) is 10.0. The van der Waals surface area contributed by atoms with Gasteiger partial charge in [0.25, 0.3) is 0 Å². The largest absolute Gasteiger partial charge is 0.315 e. The normalized spacial score (nSPS) is 20.4. The molecule has 2 nitrogen and oxygen atoms in total. The highest BCUT2D eigenvalue weighted by molar-refractivity contribution is 6.31. The molecule has 0 spiro atoms. The molecular formula is C17H26ClFN2. The zero-order chi connectivity index (χ0) is 15.5. The summed E-state index contributed by atoms with van der Waals surface area (Å²) in [5.41, 5.74) is 0.954. The number of rotatable bonds is 6. The Morgan fingerprint density at radius 1 is 1.38 bits per heavy atom. The van der Waals surface area contributed by atoms with Crippen LogP contribution in [0.3, 0.4) is 0 Å². The van der Waals surface area contributed by atoms with E-state index in [9.17, 15) is 4.39 Å². The lowest BCUT2D eigenvalue weighted by atomic mass is 9.83. The van der Waals surface area contributed by atoms with Crippen LogP contribution in [-0.4, -0.2) is 36.6 Å². The summed E-state index contributed by atoms with van der Waals surface area (Å²) in [5, 5.41) is 3.70. The molecule has 1 fully saturated rings. The quantitative estimate of drug-likeness (QED) is 0.857. The fourth-order valence-corrected chi connectivity index (χ4v) is 3.68. The monoisotopic (exact) mass is 312 g/mol. The zero-order valence-electron chi connectivity index (χ0n) is 13.3. The van der Waals surface area contributed by atoms with Crippen molar-refractivity contribution in [1.29, 1.82) is 0 Å². The fraction of sp³-hybridized carbons (Fsp3) is 0.647. The molecule has 1 saturated heterocycles. The molecule has 4 heteroatoms. The van der Waals surface area contributed by atoms with Crippen molar-refractivity contribution in [3.63, 3.8) is 0 Å². The van der Waals surface area contributed by atoms with Gasteiger partial charge in [-0.2, -0.15) is 0 Å². The van der Waals surface area contributed by atoms with Gasteiger partial charge in [0, 0.05) is 11.6 Å². The van der Waals surface area contributed by atoms with Gasteiger partial charge in [-0.25, -0.2) is 4.39 Å².